The largest absolute Gasteiger partial charge is 0.481 e. The van der Waals surface area contributed by atoms with E-state index in [-0.39, 0.29) is 4.83 Å². The minimum absolute atomic E-state index is 0.201. The minimum atomic E-state index is -0.778. The number of halogens is 1. The number of aliphatic carboxylic acids is 1. The van der Waals surface area contributed by atoms with Crippen molar-refractivity contribution in [1.29, 1.82) is 0 Å². The van der Waals surface area contributed by atoms with E-state index in [9.17, 15) is 14.7 Å². The molecule has 0 aromatic rings. The number of carbonyl (C=O) groups excluding carboxylic acids is 1. The fraction of sp³-hybridized carbons (Fsp3) is 0.800. The predicted molar refractivity (Wildman–Crippen MR) is 54.3 cm³/mol. The molecule has 1 N–H and O–H groups in total. The average molecular weight is 261 g/mol. The van der Waals surface area contributed by atoms with Crippen LogP contribution in [0.5, 0.6) is 0 Å². The van der Waals surface area contributed by atoms with Gasteiger partial charge in [0.1, 0.15) is 6.29 Å². The number of aldehydes is 1. The summed E-state index contributed by atoms with van der Waals surface area (Å²) in [4.78, 5) is 22.2. The summed E-state index contributed by atoms with van der Waals surface area (Å²) in [5, 5.41) is 9.28. The molecule has 0 aromatic carbocycles. The van der Waals surface area contributed by atoms with Gasteiger partial charge in [-0.15, -0.1) is 0 Å². The van der Waals surface area contributed by atoms with Crippen LogP contribution < -0.4 is 0 Å². The van der Waals surface area contributed by atoms with Gasteiger partial charge in [-0.3, -0.25) is 4.79 Å². The van der Waals surface area contributed by atoms with Crippen LogP contribution in [0, 0.1) is 16.2 Å². The molecular formula is C10H13BrO3. The Balaban J connectivity index is 2.53. The van der Waals surface area contributed by atoms with Crippen molar-refractivity contribution in [2.24, 2.45) is 16.2 Å². The summed E-state index contributed by atoms with van der Waals surface area (Å²) in [7, 11) is 0. The predicted octanol–water partition coefficient (Wildman–Crippen LogP) is 1.84. The molecule has 14 heavy (non-hydrogen) atoms. The zero-order valence-corrected chi connectivity index (χ0v) is 9.80. The van der Waals surface area contributed by atoms with E-state index in [1.807, 2.05) is 13.8 Å². The van der Waals surface area contributed by atoms with Crippen LogP contribution in [-0.2, 0) is 9.59 Å². The molecule has 0 saturated heterocycles. The van der Waals surface area contributed by atoms with Gasteiger partial charge in [-0.05, 0) is 18.3 Å². The molecule has 3 nitrogen and oxygen atoms in total. The maximum absolute atomic E-state index is 11.3. The maximum Gasteiger partial charge on any atom is 0.311 e. The van der Waals surface area contributed by atoms with E-state index >= 15 is 0 Å². The lowest BCUT2D eigenvalue weighted by Gasteiger charge is -2.61. The zero-order chi connectivity index (χ0) is 10.8. The molecule has 3 aliphatic carbocycles. The topological polar surface area (TPSA) is 54.4 Å². The van der Waals surface area contributed by atoms with Crippen LogP contribution in [-0.4, -0.2) is 22.2 Å². The lowest BCUT2D eigenvalue weighted by Crippen LogP contribution is -2.69. The normalized spacial score (nSPS) is 48.4. The first-order valence-corrected chi connectivity index (χ1v) is 5.62. The Hall–Kier alpha value is -0.380. The fourth-order valence-electron chi connectivity index (χ4n) is 3.44. The molecule has 0 aliphatic heterocycles. The van der Waals surface area contributed by atoms with Gasteiger partial charge in [-0.1, -0.05) is 29.8 Å². The number of fused-ring (bicyclic) bond motifs is 1. The van der Waals surface area contributed by atoms with Crippen LogP contribution in [0.15, 0.2) is 0 Å². The van der Waals surface area contributed by atoms with Crippen LogP contribution in [0.4, 0.5) is 0 Å². The third-order valence-electron chi connectivity index (χ3n) is 4.69. The monoisotopic (exact) mass is 260 g/mol. The molecule has 0 spiro atoms. The van der Waals surface area contributed by atoms with E-state index in [0.717, 1.165) is 6.29 Å². The van der Waals surface area contributed by atoms with Crippen molar-refractivity contribution in [2.45, 2.75) is 31.5 Å². The number of carbonyl (C=O) groups is 2. The van der Waals surface area contributed by atoms with Crippen molar-refractivity contribution < 1.29 is 14.7 Å². The first-order chi connectivity index (χ1) is 6.37. The number of hydrogen-bond acceptors (Lipinski definition) is 2. The molecule has 3 saturated carbocycles. The second kappa shape index (κ2) is 2.40. The van der Waals surface area contributed by atoms with E-state index < -0.39 is 22.2 Å². The van der Waals surface area contributed by atoms with Crippen molar-refractivity contribution >= 4 is 28.2 Å². The third-order valence-corrected chi connectivity index (χ3v) is 6.29. The molecule has 3 fully saturated rings. The van der Waals surface area contributed by atoms with Gasteiger partial charge >= 0.3 is 5.97 Å². The fourth-order valence-corrected chi connectivity index (χ4v) is 5.35. The highest BCUT2D eigenvalue weighted by molar-refractivity contribution is 9.09. The Morgan fingerprint density at radius 2 is 2.07 bits per heavy atom. The zero-order valence-electron chi connectivity index (χ0n) is 8.21. The second-order valence-electron chi connectivity index (χ2n) is 4.92. The molecule has 0 aromatic heterocycles. The van der Waals surface area contributed by atoms with Crippen molar-refractivity contribution in [2.75, 3.05) is 0 Å². The Kier molecular flexibility index (Phi) is 1.74. The van der Waals surface area contributed by atoms with Crippen LogP contribution in [0.2, 0.25) is 0 Å². The lowest BCUT2D eigenvalue weighted by atomic mass is 9.43. The highest BCUT2D eigenvalue weighted by atomic mass is 79.9. The van der Waals surface area contributed by atoms with E-state index in [0.29, 0.717) is 12.8 Å². The Morgan fingerprint density at radius 1 is 1.50 bits per heavy atom. The summed E-state index contributed by atoms with van der Waals surface area (Å²) in [6.45, 7) is 3.78. The van der Waals surface area contributed by atoms with Gasteiger partial charge < -0.3 is 9.90 Å². The highest BCUT2D eigenvalue weighted by Crippen LogP contribution is 2.79. The van der Waals surface area contributed by atoms with Crippen molar-refractivity contribution in [1.82, 2.24) is 0 Å². The molecular weight excluding hydrogens is 248 g/mol. The summed E-state index contributed by atoms with van der Waals surface area (Å²) >= 11 is 3.39. The molecule has 3 rings (SSSR count). The lowest BCUT2D eigenvalue weighted by molar-refractivity contribution is -0.181. The molecule has 0 radical (unpaired) electrons. The van der Waals surface area contributed by atoms with Gasteiger partial charge in [0.15, 0.2) is 0 Å². The van der Waals surface area contributed by atoms with E-state index in [4.69, 9.17) is 0 Å². The van der Waals surface area contributed by atoms with Crippen molar-refractivity contribution in [3.05, 3.63) is 0 Å². The quantitative estimate of drug-likeness (QED) is 0.609. The standard InChI is InChI=1S/C10H13BrO3/c1-8(2)9(5-12)3-4-10(8,6(9)11)7(13)14/h5-6H,3-4H2,1-2H3,(H,13,14)/t6-,9+,10-/m0/s1. The first kappa shape index (κ1) is 10.1. The molecule has 0 heterocycles. The number of carboxylic acids is 1. The Labute approximate surface area is 91.0 Å². The summed E-state index contributed by atoms with van der Waals surface area (Å²) in [6, 6.07) is 0. The molecule has 0 amide bonds. The van der Waals surface area contributed by atoms with Gasteiger partial charge in [0.05, 0.1) is 5.41 Å². The van der Waals surface area contributed by atoms with E-state index in [1.165, 1.54) is 0 Å². The molecule has 2 bridgehead atoms. The smallest absolute Gasteiger partial charge is 0.311 e. The van der Waals surface area contributed by atoms with Crippen molar-refractivity contribution in [3.63, 3.8) is 0 Å². The second-order valence-corrected chi connectivity index (χ2v) is 5.84. The molecule has 0 unspecified atom stereocenters. The van der Waals surface area contributed by atoms with Gasteiger partial charge in [0.2, 0.25) is 0 Å². The first-order valence-electron chi connectivity index (χ1n) is 4.70. The number of hydrogen-bond donors (Lipinski definition) is 1. The van der Waals surface area contributed by atoms with Crippen LogP contribution in [0.1, 0.15) is 26.7 Å². The van der Waals surface area contributed by atoms with Gasteiger partial charge in [-0.25, -0.2) is 0 Å². The summed E-state index contributed by atoms with van der Waals surface area (Å²) < 4.78 is 0. The summed E-state index contributed by atoms with van der Waals surface area (Å²) in [6.07, 6.45) is 2.23. The SMILES string of the molecule is CC1(C)[C@@]2(C=O)CC[C@@]1(C(=O)O)[C@H]2Br. The Morgan fingerprint density at radius 3 is 2.29 bits per heavy atom. The highest BCUT2D eigenvalue weighted by Gasteiger charge is 2.82. The molecule has 4 heteroatoms. The van der Waals surface area contributed by atoms with E-state index in [1.54, 1.807) is 0 Å². The van der Waals surface area contributed by atoms with Gasteiger partial charge in [-0.2, -0.15) is 0 Å². The molecule has 3 atom stereocenters. The molecule has 3 aliphatic rings. The van der Waals surface area contributed by atoms with Crippen molar-refractivity contribution in [3.8, 4) is 0 Å². The Bertz CT molecular complexity index is 325. The summed E-state index contributed by atoms with van der Waals surface area (Å²) in [5.74, 6) is -0.778. The average Bonchev–Trinajstić information content (AvgIpc) is 2.53. The van der Waals surface area contributed by atoms with Gasteiger partial charge in [0.25, 0.3) is 0 Å². The van der Waals surface area contributed by atoms with Crippen LogP contribution in [0.3, 0.4) is 0 Å². The summed E-state index contributed by atoms with van der Waals surface area (Å²) in [5.41, 5.74) is -1.64. The van der Waals surface area contributed by atoms with Gasteiger partial charge in [0, 0.05) is 10.2 Å². The number of alkyl halides is 1. The maximum atomic E-state index is 11.3. The minimum Gasteiger partial charge on any atom is -0.481 e. The van der Waals surface area contributed by atoms with E-state index in [2.05, 4.69) is 15.9 Å². The van der Waals surface area contributed by atoms with Crippen LogP contribution in [0.25, 0.3) is 0 Å². The van der Waals surface area contributed by atoms with Crippen LogP contribution >= 0.6 is 15.9 Å². The molecule has 78 valence electrons. The number of carboxylic acid groups (broad SMARTS) is 1. The third kappa shape index (κ3) is 0.630. The number of rotatable bonds is 2.